The van der Waals surface area contributed by atoms with E-state index in [1.54, 1.807) is 0 Å². The topological polar surface area (TPSA) is 15.3 Å². The molecule has 0 radical (unpaired) electrons. The van der Waals surface area contributed by atoms with E-state index in [1.165, 1.54) is 31.8 Å². The lowest BCUT2D eigenvalue weighted by Gasteiger charge is -2.24. The summed E-state index contributed by atoms with van der Waals surface area (Å²) in [5, 5.41) is 3.53. The molecule has 0 aromatic heterocycles. The van der Waals surface area contributed by atoms with Crippen LogP contribution in [0.15, 0.2) is 12.7 Å². The van der Waals surface area contributed by atoms with Crippen LogP contribution >= 0.6 is 11.8 Å². The Morgan fingerprint density at radius 1 is 1.64 bits per heavy atom. The van der Waals surface area contributed by atoms with Gasteiger partial charge in [0, 0.05) is 25.0 Å². The zero-order valence-corrected chi connectivity index (χ0v) is 9.98. The minimum atomic E-state index is 0.616. The normalized spacial score (nSPS) is 26.2. The lowest BCUT2D eigenvalue weighted by molar-refractivity contribution is 0.257. The van der Waals surface area contributed by atoms with Gasteiger partial charge in [0.25, 0.3) is 0 Å². The van der Waals surface area contributed by atoms with E-state index in [9.17, 15) is 0 Å². The largest absolute Gasteiger partial charge is 0.304 e. The fraction of sp³-hybridized carbons (Fsp3) is 0.818. The first-order valence-electron chi connectivity index (χ1n) is 5.47. The van der Waals surface area contributed by atoms with Gasteiger partial charge in [-0.25, -0.2) is 0 Å². The molecule has 0 aliphatic carbocycles. The first-order chi connectivity index (χ1) is 6.83. The van der Waals surface area contributed by atoms with Gasteiger partial charge in [-0.2, -0.15) is 0 Å². The number of thioether (sulfide) groups is 1. The minimum absolute atomic E-state index is 0.616. The molecular weight excluding hydrogens is 192 g/mol. The molecule has 0 aromatic rings. The Morgan fingerprint density at radius 2 is 2.50 bits per heavy atom. The highest BCUT2D eigenvalue weighted by Crippen LogP contribution is 2.07. The lowest BCUT2D eigenvalue weighted by atomic mass is 10.2. The molecule has 0 bridgehead atoms. The van der Waals surface area contributed by atoms with Gasteiger partial charge in [-0.3, -0.25) is 0 Å². The van der Waals surface area contributed by atoms with Gasteiger partial charge in [-0.1, -0.05) is 6.08 Å². The van der Waals surface area contributed by atoms with Crippen LogP contribution in [-0.4, -0.2) is 42.2 Å². The fourth-order valence-electron chi connectivity index (χ4n) is 1.68. The molecule has 14 heavy (non-hydrogen) atoms. The van der Waals surface area contributed by atoms with Gasteiger partial charge in [-0.15, -0.1) is 18.3 Å². The summed E-state index contributed by atoms with van der Waals surface area (Å²) in [5.74, 6) is 2.39. The molecule has 3 heteroatoms. The van der Waals surface area contributed by atoms with Crippen molar-refractivity contribution in [2.45, 2.75) is 25.8 Å². The summed E-state index contributed by atoms with van der Waals surface area (Å²) in [4.78, 5) is 2.55. The third-order valence-electron chi connectivity index (χ3n) is 2.48. The zero-order valence-electron chi connectivity index (χ0n) is 9.17. The average Bonchev–Trinajstić information content (AvgIpc) is 2.27. The molecule has 0 saturated carbocycles. The molecule has 1 aliphatic rings. The van der Waals surface area contributed by atoms with Crippen molar-refractivity contribution >= 4 is 11.8 Å². The van der Waals surface area contributed by atoms with Gasteiger partial charge in [0.1, 0.15) is 0 Å². The summed E-state index contributed by atoms with van der Waals surface area (Å²) < 4.78 is 0. The summed E-state index contributed by atoms with van der Waals surface area (Å²) >= 11 is 2.01. The Morgan fingerprint density at radius 3 is 3.29 bits per heavy atom. The highest BCUT2D eigenvalue weighted by molar-refractivity contribution is 7.99. The second-order valence-corrected chi connectivity index (χ2v) is 4.99. The molecule has 1 fully saturated rings. The van der Waals surface area contributed by atoms with E-state index in [0.29, 0.717) is 6.04 Å². The van der Waals surface area contributed by atoms with Gasteiger partial charge in [0.2, 0.25) is 0 Å². The molecule has 1 aliphatic heterocycles. The zero-order chi connectivity index (χ0) is 10.2. The van der Waals surface area contributed by atoms with Gasteiger partial charge in [-0.05, 0) is 32.1 Å². The van der Waals surface area contributed by atoms with E-state index < -0.39 is 0 Å². The van der Waals surface area contributed by atoms with Gasteiger partial charge in [0.05, 0.1) is 0 Å². The number of hydrogen-bond donors (Lipinski definition) is 1. The summed E-state index contributed by atoms with van der Waals surface area (Å²) in [7, 11) is 0. The molecular formula is C11H22N2S. The van der Waals surface area contributed by atoms with Crippen molar-refractivity contribution < 1.29 is 0 Å². The molecule has 1 N–H and O–H groups in total. The number of nitrogens with zero attached hydrogens (tertiary/aromatic N) is 1. The van der Waals surface area contributed by atoms with Crippen molar-refractivity contribution in [3.05, 3.63) is 12.7 Å². The molecule has 1 heterocycles. The quantitative estimate of drug-likeness (QED) is 0.723. The molecule has 82 valence electrons. The van der Waals surface area contributed by atoms with Crippen LogP contribution in [0.5, 0.6) is 0 Å². The Bertz CT molecular complexity index is 161. The van der Waals surface area contributed by atoms with Gasteiger partial charge in [0.15, 0.2) is 0 Å². The molecule has 0 unspecified atom stereocenters. The average molecular weight is 214 g/mol. The maximum Gasteiger partial charge on any atom is 0.0420 e. The Kier molecular flexibility index (Phi) is 6.32. The van der Waals surface area contributed by atoms with Gasteiger partial charge >= 0.3 is 0 Å². The van der Waals surface area contributed by atoms with Crippen LogP contribution in [0.1, 0.15) is 19.8 Å². The molecule has 1 saturated heterocycles. The Hall–Kier alpha value is 0.01000. The fourth-order valence-corrected chi connectivity index (χ4v) is 2.56. The van der Waals surface area contributed by atoms with E-state index in [2.05, 4.69) is 23.7 Å². The number of rotatable bonds is 3. The van der Waals surface area contributed by atoms with E-state index >= 15 is 0 Å². The van der Waals surface area contributed by atoms with Crippen LogP contribution in [0.3, 0.4) is 0 Å². The van der Waals surface area contributed by atoms with Crippen molar-refractivity contribution in [3.63, 3.8) is 0 Å². The molecule has 2 nitrogen and oxygen atoms in total. The van der Waals surface area contributed by atoms with Crippen molar-refractivity contribution in [2.24, 2.45) is 0 Å². The standard InChI is InChI=1S/C11H22N2S/c1-3-4-6-13-7-5-8-14-10-12-11(2)9-13/h3,11-12H,1,4-10H2,2H3/t11-/m1/s1. The molecule has 0 aromatic carbocycles. The van der Waals surface area contributed by atoms with Crippen LogP contribution < -0.4 is 5.32 Å². The monoisotopic (exact) mass is 214 g/mol. The van der Waals surface area contributed by atoms with Crippen molar-refractivity contribution in [3.8, 4) is 0 Å². The molecule has 0 spiro atoms. The van der Waals surface area contributed by atoms with E-state index in [-0.39, 0.29) is 0 Å². The van der Waals surface area contributed by atoms with Crippen molar-refractivity contribution in [1.82, 2.24) is 10.2 Å². The predicted molar refractivity (Wildman–Crippen MR) is 65.8 cm³/mol. The third-order valence-corrected chi connectivity index (χ3v) is 3.43. The van der Waals surface area contributed by atoms with E-state index in [1.807, 2.05) is 17.8 Å². The molecule has 1 atom stereocenters. The smallest absolute Gasteiger partial charge is 0.0420 e. The minimum Gasteiger partial charge on any atom is -0.304 e. The first kappa shape index (κ1) is 12.1. The number of nitrogens with one attached hydrogen (secondary N) is 1. The Balaban J connectivity index is 2.32. The SMILES string of the molecule is C=CCCN1CCCSCN[C@H](C)C1. The maximum atomic E-state index is 3.78. The van der Waals surface area contributed by atoms with Gasteiger partial charge < -0.3 is 10.2 Å². The van der Waals surface area contributed by atoms with E-state index in [4.69, 9.17) is 0 Å². The van der Waals surface area contributed by atoms with E-state index in [0.717, 1.165) is 12.3 Å². The summed E-state index contributed by atoms with van der Waals surface area (Å²) in [6.07, 6.45) is 4.44. The Labute approximate surface area is 92.1 Å². The van der Waals surface area contributed by atoms with Crippen LogP contribution in [0.25, 0.3) is 0 Å². The van der Waals surface area contributed by atoms with Crippen molar-refractivity contribution in [2.75, 3.05) is 31.3 Å². The number of hydrogen-bond acceptors (Lipinski definition) is 3. The van der Waals surface area contributed by atoms with Crippen molar-refractivity contribution in [1.29, 1.82) is 0 Å². The summed E-state index contributed by atoms with van der Waals surface area (Å²) in [6, 6.07) is 0.616. The molecule has 1 rings (SSSR count). The van der Waals surface area contributed by atoms with Crippen LogP contribution in [0.4, 0.5) is 0 Å². The first-order valence-corrected chi connectivity index (χ1v) is 6.63. The lowest BCUT2D eigenvalue weighted by Crippen LogP contribution is -2.39. The van der Waals surface area contributed by atoms with Crippen LogP contribution in [-0.2, 0) is 0 Å². The second-order valence-electron chi connectivity index (χ2n) is 3.89. The molecule has 0 amide bonds. The summed E-state index contributed by atoms with van der Waals surface area (Å²) in [6.45, 7) is 9.63. The van der Waals surface area contributed by atoms with Crippen LogP contribution in [0, 0.1) is 0 Å². The summed E-state index contributed by atoms with van der Waals surface area (Å²) in [5.41, 5.74) is 0. The second kappa shape index (κ2) is 7.32. The highest BCUT2D eigenvalue weighted by atomic mass is 32.2. The van der Waals surface area contributed by atoms with Crippen LogP contribution in [0.2, 0.25) is 0 Å². The third kappa shape index (κ3) is 5.03. The highest BCUT2D eigenvalue weighted by Gasteiger charge is 2.10. The maximum absolute atomic E-state index is 3.78. The predicted octanol–water partition coefficient (Wildman–Crippen LogP) is 1.94.